The van der Waals surface area contributed by atoms with Crippen LogP contribution in [-0.2, 0) is 106 Å². The first-order valence-electron chi connectivity index (χ1n) is 39.4. The van der Waals surface area contributed by atoms with Crippen molar-refractivity contribution >= 4 is 105 Å². The molecule has 11 atom stereocenters. The van der Waals surface area contributed by atoms with Crippen LogP contribution in [0.3, 0.4) is 0 Å². The molecule has 18 N–H and O–H groups in total. The van der Waals surface area contributed by atoms with Gasteiger partial charge in [0.1, 0.15) is 90.3 Å². The van der Waals surface area contributed by atoms with Crippen LogP contribution in [0.1, 0.15) is 87.8 Å². The Hall–Kier alpha value is -12.9. The van der Waals surface area contributed by atoms with Crippen LogP contribution in [0.15, 0.2) is 164 Å². The average Bonchev–Trinajstić information content (AvgIpc) is 1.67. The zero-order valence-corrected chi connectivity index (χ0v) is 68.5. The molecule has 8 rings (SSSR count). The molecule has 33 nitrogen and oxygen atoms in total. The summed E-state index contributed by atoms with van der Waals surface area (Å²) in [5.41, 5.74) is 3.44. The van der Waals surface area contributed by atoms with Gasteiger partial charge in [-0.1, -0.05) is 157 Å². The topological polar surface area (TPSA) is 504 Å². The van der Waals surface area contributed by atoms with Gasteiger partial charge in [-0.15, -0.1) is 11.8 Å². The van der Waals surface area contributed by atoms with Gasteiger partial charge < -0.3 is 99.2 Å². The van der Waals surface area contributed by atoms with Crippen LogP contribution in [0.4, 0.5) is 0 Å². The van der Waals surface area contributed by atoms with E-state index in [0.717, 1.165) is 16.7 Å². The number of aromatic amines is 1. The third-order valence-electron chi connectivity index (χ3n) is 19.8. The summed E-state index contributed by atoms with van der Waals surface area (Å²) in [7, 11) is 1.30. The fourth-order valence-corrected chi connectivity index (χ4v) is 14.3. The lowest BCUT2D eigenvalue weighted by Gasteiger charge is -2.33. The summed E-state index contributed by atoms with van der Waals surface area (Å²) in [4.78, 5) is 208. The highest BCUT2D eigenvalue weighted by Gasteiger charge is 2.40. The second kappa shape index (κ2) is 45.2. The molecule has 640 valence electrons. The molecule has 0 spiro atoms. The maximum atomic E-state index is 15.6. The number of aromatic hydroxyl groups is 3. The van der Waals surface area contributed by atoms with Gasteiger partial charge in [0.05, 0.1) is 18.9 Å². The number of carbonyl (C=O) groups excluding carboxylic acids is 13. The number of aliphatic hydroxyl groups is 1. The van der Waals surface area contributed by atoms with Gasteiger partial charge in [0.25, 0.3) is 0 Å². The molecule has 2 heterocycles. The van der Waals surface area contributed by atoms with Crippen LogP contribution in [0.25, 0.3) is 10.9 Å². The molecule has 6 aromatic carbocycles. The average molecular weight is 1670 g/mol. The van der Waals surface area contributed by atoms with Crippen LogP contribution < -0.4 is 63.8 Å². The van der Waals surface area contributed by atoms with E-state index in [9.17, 15) is 78.3 Å². The Bertz CT molecular complexity index is 4710. The zero-order valence-electron chi connectivity index (χ0n) is 67.7. The molecule has 120 heavy (non-hydrogen) atoms. The van der Waals surface area contributed by atoms with E-state index < -0.39 is 186 Å². The number of aromatic nitrogens is 1. The normalized spacial score (nSPS) is 22.1. The Morgan fingerprint density at radius 2 is 0.850 bits per heavy atom. The summed E-state index contributed by atoms with van der Waals surface area (Å²) in [6.45, 7) is 7.32. The smallest absolute Gasteiger partial charge is 0.322 e. The molecule has 1 aromatic heterocycles. The molecule has 0 saturated carbocycles. The van der Waals surface area contributed by atoms with Crippen LogP contribution in [0.5, 0.6) is 17.2 Å². The van der Waals surface area contributed by atoms with Gasteiger partial charge in [-0.2, -0.15) is 0 Å². The molecular formula is C86H106N14O19S. The summed E-state index contributed by atoms with van der Waals surface area (Å²) < 4.78 is 0. The minimum atomic E-state index is -1.83. The molecule has 0 aliphatic carbocycles. The van der Waals surface area contributed by atoms with Crippen LogP contribution in [-0.4, -0.2) is 223 Å². The highest BCUT2D eigenvalue weighted by atomic mass is 32.2. The highest BCUT2D eigenvalue weighted by Crippen LogP contribution is 2.23. The number of hydrogen-bond donors (Lipinski definition) is 18. The van der Waals surface area contributed by atoms with Gasteiger partial charge in [0, 0.05) is 68.4 Å². The van der Waals surface area contributed by atoms with E-state index in [1.54, 1.807) is 133 Å². The monoisotopic (exact) mass is 1670 g/mol. The Morgan fingerprint density at radius 3 is 1.35 bits per heavy atom. The van der Waals surface area contributed by atoms with Gasteiger partial charge in [-0.05, 0) is 106 Å². The van der Waals surface area contributed by atoms with Crippen LogP contribution >= 0.6 is 11.8 Å². The van der Waals surface area contributed by atoms with Crippen molar-refractivity contribution in [3.05, 3.63) is 197 Å². The Morgan fingerprint density at radius 1 is 0.442 bits per heavy atom. The van der Waals surface area contributed by atoms with Crippen molar-refractivity contribution in [1.82, 2.24) is 73.7 Å². The number of carboxylic acid groups (broad SMARTS) is 1. The molecule has 34 heteroatoms. The number of aliphatic carboxylic acids is 1. The Labute approximate surface area is 698 Å². The van der Waals surface area contributed by atoms with Crippen molar-refractivity contribution in [2.75, 3.05) is 38.2 Å². The van der Waals surface area contributed by atoms with Gasteiger partial charge in [0.15, 0.2) is 0 Å². The number of amides is 13. The summed E-state index contributed by atoms with van der Waals surface area (Å²) in [5, 5.41) is 83.4. The number of rotatable bonds is 21. The van der Waals surface area contributed by atoms with Crippen LogP contribution in [0.2, 0.25) is 0 Å². The van der Waals surface area contributed by atoms with Crippen molar-refractivity contribution in [2.45, 2.75) is 159 Å². The molecule has 13 amide bonds. The number of likely N-dealkylation sites (N-methyl/N-ethyl adjacent to an activating group) is 1. The predicted molar refractivity (Wildman–Crippen MR) is 445 cm³/mol. The number of carboxylic acids is 1. The third kappa shape index (κ3) is 28.8. The number of thioether (sulfide) groups is 1. The number of phenols is 3. The second-order valence-corrected chi connectivity index (χ2v) is 31.7. The number of carbonyl (C=O) groups is 14. The van der Waals surface area contributed by atoms with E-state index in [1.165, 1.54) is 79.8 Å². The summed E-state index contributed by atoms with van der Waals surface area (Å²) in [5.74, 6) is -16.4. The predicted octanol–water partition coefficient (Wildman–Crippen LogP) is 1.52. The first-order chi connectivity index (χ1) is 57.2. The number of aliphatic hydroxyl groups excluding tert-OH is 1. The Kier molecular flexibility index (Phi) is 34.9. The minimum Gasteiger partial charge on any atom is -0.508 e. The molecule has 1 saturated heterocycles. The maximum Gasteiger partial charge on any atom is 0.322 e. The molecule has 1 aliphatic heterocycles. The third-order valence-corrected chi connectivity index (χ3v) is 20.8. The van der Waals surface area contributed by atoms with Crippen molar-refractivity contribution < 1.29 is 92.7 Å². The van der Waals surface area contributed by atoms with Gasteiger partial charge in [0.2, 0.25) is 76.8 Å². The summed E-state index contributed by atoms with van der Waals surface area (Å²) in [6.07, 6.45) is -0.00751. The van der Waals surface area contributed by atoms with Gasteiger partial charge in [-0.25, -0.2) is 0 Å². The minimum absolute atomic E-state index is 0.0484. The maximum absolute atomic E-state index is 15.6. The summed E-state index contributed by atoms with van der Waals surface area (Å²) in [6, 6.07) is 23.9. The van der Waals surface area contributed by atoms with E-state index in [-0.39, 0.29) is 80.5 Å². The molecular weight excluding hydrogens is 1570 g/mol. The largest absolute Gasteiger partial charge is 0.508 e. The van der Waals surface area contributed by atoms with E-state index in [2.05, 4.69) is 68.8 Å². The lowest BCUT2D eigenvalue weighted by molar-refractivity contribution is -0.143. The van der Waals surface area contributed by atoms with Crippen molar-refractivity contribution in [3.63, 3.8) is 0 Å². The van der Waals surface area contributed by atoms with E-state index in [0.29, 0.717) is 44.3 Å². The number of para-hydroxylation sites is 1. The summed E-state index contributed by atoms with van der Waals surface area (Å²) >= 11 is 0.796. The van der Waals surface area contributed by atoms with E-state index in [1.807, 2.05) is 0 Å². The fourth-order valence-electron chi connectivity index (χ4n) is 13.4. The number of H-pyrrole nitrogens is 1. The SMILES string of the molecule is CC(C)C[C@@H]1NC(=O)[C@H](Cc2ccc(O)cc2)NC(=O)[C@H](Cc2ccccc2)NC(=O)CSC[C@@H](C(=O)NCC(=O)O)NC(=O)[C@H](CC(C)C)NC(=O)[C@H](Cc2ccccc2)N(C)C(=O)[C@H](Cc2ccc(O)cc2)NC(=O)[C@H](Cc2c[nH]c3ccccc23)NC(=O)CNC(=O)[C@H](CO)NC(=O)[C@H](Cc2ccc(O)cc2)NC(=O)[C@H](C(C)C)NC1=O. The first-order valence-corrected chi connectivity index (χ1v) is 40.6. The molecule has 1 aliphatic rings. The lowest BCUT2D eigenvalue weighted by Crippen LogP contribution is -2.61. The zero-order chi connectivity index (χ0) is 87.3. The number of nitrogens with one attached hydrogen (secondary N) is 13. The first kappa shape index (κ1) is 92.7. The molecule has 1 fully saturated rings. The van der Waals surface area contributed by atoms with Crippen LogP contribution in [0, 0.1) is 17.8 Å². The van der Waals surface area contributed by atoms with Crippen molar-refractivity contribution in [3.8, 4) is 17.2 Å². The molecule has 0 unspecified atom stereocenters. The molecule has 7 aromatic rings. The Balaban J connectivity index is 1.19. The standard InChI is InChI=1S/C86H106N14O19S/c1-48(2)34-62-78(111)98-70(77(110)89-44-74(107)108)46-120-47-73(106)91-64(36-51-16-10-8-11-17-51)79(112)93-65(37-53-22-28-57(102)29-23-53)80(113)92-63(35-49(3)4)83(116)99-75(50(5)6)85(118)95-66(38-54-24-30-58(103)31-25-54)81(114)97-69(45-101)76(109)88-43-72(105)90-67(41-56-42-87-61-21-15-14-20-60(56)61)82(115)96-68(39-55-26-32-59(104)33-27-55)86(119)100(7)71(84(117)94-62)40-52-18-12-9-13-19-52/h8-33,42,48-50,62-71,75,87,101-104H,34-41,43-47H2,1-7H3,(H,88,109)(H,89,110)(H,90,105)(H,91,106)(H,92,113)(H,93,112)(H,94,117)(H,95,118)(H,96,115)(H,97,114)(H,98,111)(H,99,116)(H,107,108)/t62-,63-,64-,65-,66-,67-,68-,69-,70-,71-,75-/m0/s1. The number of hydrogen-bond acceptors (Lipinski definition) is 19. The number of nitrogens with zero attached hydrogens (tertiary/aromatic N) is 1. The number of benzene rings is 6. The highest BCUT2D eigenvalue weighted by molar-refractivity contribution is 8.00. The van der Waals surface area contributed by atoms with Crippen molar-refractivity contribution in [2.24, 2.45) is 17.8 Å². The second-order valence-electron chi connectivity index (χ2n) is 30.7. The quantitative estimate of drug-likeness (QED) is 0.0485. The number of fused-ring (bicyclic) bond motifs is 1. The van der Waals surface area contributed by atoms with E-state index >= 15 is 14.4 Å². The number of phenolic OH excluding ortho intramolecular Hbond substituents is 3. The van der Waals surface area contributed by atoms with Gasteiger partial charge in [-0.3, -0.25) is 67.1 Å². The molecule has 0 radical (unpaired) electrons. The van der Waals surface area contributed by atoms with E-state index in [4.69, 9.17) is 0 Å². The van der Waals surface area contributed by atoms with Crippen molar-refractivity contribution in [1.29, 1.82) is 0 Å². The fraction of sp³-hybridized carbons (Fsp3) is 0.395. The van der Waals surface area contributed by atoms with Gasteiger partial charge >= 0.3 is 5.97 Å². The lowest BCUT2D eigenvalue weighted by atomic mass is 9.98. The molecule has 0 bridgehead atoms.